The Labute approximate surface area is 136 Å². The van der Waals surface area contributed by atoms with E-state index < -0.39 is 0 Å². The van der Waals surface area contributed by atoms with Gasteiger partial charge >= 0.3 is 0 Å². The van der Waals surface area contributed by atoms with E-state index in [1.807, 2.05) is 30.3 Å². The van der Waals surface area contributed by atoms with Gasteiger partial charge in [-0.25, -0.2) is 0 Å². The fourth-order valence-electron chi connectivity index (χ4n) is 2.39. The monoisotopic (exact) mass is 366 g/mol. The quantitative estimate of drug-likeness (QED) is 0.829. The van der Waals surface area contributed by atoms with E-state index in [2.05, 4.69) is 22.9 Å². The van der Waals surface area contributed by atoms with Crippen LogP contribution in [0.1, 0.15) is 18.6 Å². The lowest BCUT2D eigenvalue weighted by Gasteiger charge is -2.32. The van der Waals surface area contributed by atoms with Crippen LogP contribution in [0.2, 0.25) is 0 Å². The predicted octanol–water partition coefficient (Wildman–Crippen LogP) is 4.78. The summed E-state index contributed by atoms with van der Waals surface area (Å²) >= 11 is 5.13. The molecule has 110 valence electrons. The van der Waals surface area contributed by atoms with Gasteiger partial charge in [0.2, 0.25) is 0 Å². The fraction of sp³-hybridized carbons (Fsp3) is 0.250. The van der Waals surface area contributed by atoms with Crippen LogP contribution < -0.4 is 9.47 Å². The number of halogens is 1. The SMILES string of the molecule is COc1cccc2c1O[C@@H](c1ccc(O)c(Br)c1)[C@H](C)S2. The van der Waals surface area contributed by atoms with Crippen molar-refractivity contribution in [3.05, 3.63) is 46.4 Å². The highest BCUT2D eigenvalue weighted by atomic mass is 79.9. The molecule has 0 aromatic heterocycles. The molecule has 3 nitrogen and oxygen atoms in total. The van der Waals surface area contributed by atoms with Crippen LogP contribution in [0, 0.1) is 0 Å². The highest BCUT2D eigenvalue weighted by Crippen LogP contribution is 2.49. The Morgan fingerprint density at radius 2 is 2.10 bits per heavy atom. The van der Waals surface area contributed by atoms with E-state index >= 15 is 0 Å². The third kappa shape index (κ3) is 2.72. The third-order valence-electron chi connectivity index (χ3n) is 3.45. The number of fused-ring (bicyclic) bond motifs is 1. The van der Waals surface area contributed by atoms with E-state index in [1.165, 1.54) is 0 Å². The molecule has 0 saturated heterocycles. The molecule has 1 aliphatic heterocycles. The maximum Gasteiger partial charge on any atom is 0.175 e. The molecule has 21 heavy (non-hydrogen) atoms. The van der Waals surface area contributed by atoms with Gasteiger partial charge < -0.3 is 14.6 Å². The van der Waals surface area contributed by atoms with Gasteiger partial charge in [-0.05, 0) is 52.7 Å². The standard InChI is InChI=1S/C16H15BrO3S/c1-9-15(10-6-7-12(18)11(17)8-10)20-16-13(19-2)4-3-5-14(16)21-9/h3-9,15,18H,1-2H3/t9-,15+/m0/s1. The zero-order chi connectivity index (χ0) is 15.0. The number of benzene rings is 2. The molecule has 0 fully saturated rings. The minimum atomic E-state index is -0.0873. The number of methoxy groups -OCH3 is 1. The third-order valence-corrected chi connectivity index (χ3v) is 5.28. The van der Waals surface area contributed by atoms with Gasteiger partial charge in [-0.15, -0.1) is 11.8 Å². The number of hydrogen-bond acceptors (Lipinski definition) is 4. The first-order valence-corrected chi connectivity index (χ1v) is 8.26. The molecule has 3 rings (SSSR count). The number of ether oxygens (including phenoxy) is 2. The Kier molecular flexibility index (Phi) is 4.04. The van der Waals surface area contributed by atoms with E-state index in [-0.39, 0.29) is 17.1 Å². The molecular weight excluding hydrogens is 352 g/mol. The number of rotatable bonds is 2. The summed E-state index contributed by atoms with van der Waals surface area (Å²) in [7, 11) is 1.65. The van der Waals surface area contributed by atoms with Crippen LogP contribution in [-0.4, -0.2) is 17.5 Å². The smallest absolute Gasteiger partial charge is 0.175 e. The van der Waals surface area contributed by atoms with Crippen molar-refractivity contribution in [2.24, 2.45) is 0 Å². The van der Waals surface area contributed by atoms with Crippen molar-refractivity contribution in [3.63, 3.8) is 0 Å². The van der Waals surface area contributed by atoms with Crippen LogP contribution in [0.5, 0.6) is 17.2 Å². The molecule has 5 heteroatoms. The van der Waals surface area contributed by atoms with E-state index in [1.54, 1.807) is 24.9 Å². The summed E-state index contributed by atoms with van der Waals surface area (Å²) in [6.07, 6.45) is -0.0873. The maximum absolute atomic E-state index is 9.64. The normalized spacial score (nSPS) is 20.5. The highest BCUT2D eigenvalue weighted by Gasteiger charge is 2.31. The van der Waals surface area contributed by atoms with Gasteiger partial charge in [0.15, 0.2) is 11.5 Å². The molecule has 0 unspecified atom stereocenters. The Bertz CT molecular complexity index is 675. The van der Waals surface area contributed by atoms with Crippen molar-refractivity contribution >= 4 is 27.7 Å². The first-order chi connectivity index (χ1) is 10.1. The Morgan fingerprint density at radius 3 is 2.81 bits per heavy atom. The van der Waals surface area contributed by atoms with Crippen LogP contribution in [0.3, 0.4) is 0 Å². The lowest BCUT2D eigenvalue weighted by molar-refractivity contribution is 0.186. The van der Waals surface area contributed by atoms with Crippen LogP contribution in [-0.2, 0) is 0 Å². The van der Waals surface area contributed by atoms with E-state index in [0.29, 0.717) is 4.47 Å². The molecule has 0 bridgehead atoms. The average Bonchev–Trinajstić information content (AvgIpc) is 2.48. The summed E-state index contributed by atoms with van der Waals surface area (Å²) in [6, 6.07) is 11.4. The molecule has 1 N–H and O–H groups in total. The number of thioether (sulfide) groups is 1. The second-order valence-corrected chi connectivity index (χ2v) is 7.13. The second kappa shape index (κ2) is 5.81. The maximum atomic E-state index is 9.64. The average molecular weight is 367 g/mol. The molecule has 0 spiro atoms. The highest BCUT2D eigenvalue weighted by molar-refractivity contribution is 9.10. The fourth-order valence-corrected chi connectivity index (χ4v) is 3.94. The number of phenolic OH excluding ortho intramolecular Hbond substituents is 1. The summed E-state index contributed by atoms with van der Waals surface area (Å²) in [5.41, 5.74) is 1.02. The molecule has 1 aliphatic rings. The molecule has 0 aliphatic carbocycles. The van der Waals surface area contributed by atoms with Gasteiger partial charge in [-0.1, -0.05) is 12.1 Å². The number of para-hydroxylation sites is 1. The number of aromatic hydroxyl groups is 1. The number of phenols is 1. The molecule has 2 atom stereocenters. The second-order valence-electron chi connectivity index (χ2n) is 4.86. The lowest BCUT2D eigenvalue weighted by Crippen LogP contribution is -2.22. The minimum Gasteiger partial charge on any atom is -0.507 e. The van der Waals surface area contributed by atoms with Crippen molar-refractivity contribution < 1.29 is 14.6 Å². The summed E-state index contributed by atoms with van der Waals surface area (Å²) in [5.74, 6) is 1.76. The first-order valence-electron chi connectivity index (χ1n) is 6.59. The predicted molar refractivity (Wildman–Crippen MR) is 87.5 cm³/mol. The zero-order valence-electron chi connectivity index (χ0n) is 11.7. The molecule has 2 aromatic carbocycles. The van der Waals surface area contributed by atoms with E-state index in [9.17, 15) is 5.11 Å². The largest absolute Gasteiger partial charge is 0.507 e. The van der Waals surface area contributed by atoms with Crippen molar-refractivity contribution in [2.45, 2.75) is 23.2 Å². The summed E-state index contributed by atoms with van der Waals surface area (Å²) < 4.78 is 12.3. The van der Waals surface area contributed by atoms with Gasteiger partial charge in [-0.2, -0.15) is 0 Å². The molecule has 0 saturated carbocycles. The molecule has 1 heterocycles. The van der Waals surface area contributed by atoms with Crippen molar-refractivity contribution in [2.75, 3.05) is 7.11 Å². The molecule has 0 amide bonds. The Balaban J connectivity index is 1.99. The number of hydrogen-bond donors (Lipinski definition) is 1. The van der Waals surface area contributed by atoms with Crippen molar-refractivity contribution in [1.29, 1.82) is 0 Å². The Hall–Kier alpha value is -1.33. The van der Waals surface area contributed by atoms with Crippen LogP contribution in [0.15, 0.2) is 45.8 Å². The van der Waals surface area contributed by atoms with Gasteiger partial charge in [0.05, 0.1) is 16.5 Å². The zero-order valence-corrected chi connectivity index (χ0v) is 14.1. The summed E-state index contributed by atoms with van der Waals surface area (Å²) in [6.45, 7) is 2.14. The van der Waals surface area contributed by atoms with Crippen LogP contribution in [0.25, 0.3) is 0 Å². The van der Waals surface area contributed by atoms with Crippen LogP contribution >= 0.6 is 27.7 Å². The van der Waals surface area contributed by atoms with Crippen molar-refractivity contribution in [3.8, 4) is 17.2 Å². The van der Waals surface area contributed by atoms with Gasteiger partial charge in [0, 0.05) is 5.25 Å². The topological polar surface area (TPSA) is 38.7 Å². The summed E-state index contributed by atoms with van der Waals surface area (Å²) in [5, 5.41) is 9.90. The molecular formula is C16H15BrO3S. The molecule has 2 aromatic rings. The van der Waals surface area contributed by atoms with Gasteiger partial charge in [-0.3, -0.25) is 0 Å². The Morgan fingerprint density at radius 1 is 1.29 bits per heavy atom. The first kappa shape index (κ1) is 14.6. The van der Waals surface area contributed by atoms with Gasteiger partial charge in [0.1, 0.15) is 11.9 Å². The van der Waals surface area contributed by atoms with Crippen molar-refractivity contribution in [1.82, 2.24) is 0 Å². The lowest BCUT2D eigenvalue weighted by atomic mass is 10.1. The van der Waals surface area contributed by atoms with Gasteiger partial charge in [0.25, 0.3) is 0 Å². The minimum absolute atomic E-state index is 0.0873. The summed E-state index contributed by atoms with van der Waals surface area (Å²) in [4.78, 5) is 1.09. The molecule has 0 radical (unpaired) electrons. The van der Waals surface area contributed by atoms with E-state index in [0.717, 1.165) is 22.0 Å². The van der Waals surface area contributed by atoms with Crippen LogP contribution in [0.4, 0.5) is 0 Å². The van der Waals surface area contributed by atoms with E-state index in [4.69, 9.17) is 9.47 Å².